The predicted molar refractivity (Wildman–Crippen MR) is 93.2 cm³/mol. The van der Waals surface area contributed by atoms with E-state index in [2.05, 4.69) is 10.2 Å². The van der Waals surface area contributed by atoms with Crippen molar-refractivity contribution < 1.29 is 9.13 Å². The van der Waals surface area contributed by atoms with Gasteiger partial charge in [-0.1, -0.05) is 35.5 Å². The van der Waals surface area contributed by atoms with E-state index in [1.807, 2.05) is 0 Å². The van der Waals surface area contributed by atoms with Gasteiger partial charge in [-0.3, -0.25) is 0 Å². The van der Waals surface area contributed by atoms with Crippen molar-refractivity contribution >= 4 is 23.4 Å². The van der Waals surface area contributed by atoms with Gasteiger partial charge in [-0.25, -0.2) is 9.07 Å². The summed E-state index contributed by atoms with van der Waals surface area (Å²) in [5, 5.41) is 9.12. The summed E-state index contributed by atoms with van der Waals surface area (Å²) < 4.78 is 20.7. The molecule has 0 aliphatic carbocycles. The molecule has 8 heteroatoms. The average molecular weight is 365 g/mol. The van der Waals surface area contributed by atoms with Gasteiger partial charge in [0, 0.05) is 10.8 Å². The minimum absolute atomic E-state index is 0.286. The highest BCUT2D eigenvalue weighted by Crippen LogP contribution is 2.23. The molecule has 0 saturated heterocycles. The first-order chi connectivity index (χ1) is 11.6. The smallest absolute Gasteiger partial charge is 0.210 e. The number of hydrogen-bond acceptors (Lipinski definition) is 5. The minimum Gasteiger partial charge on any atom is -0.493 e. The largest absolute Gasteiger partial charge is 0.493 e. The van der Waals surface area contributed by atoms with Crippen LogP contribution in [0, 0.1) is 5.82 Å². The van der Waals surface area contributed by atoms with Gasteiger partial charge in [-0.2, -0.15) is 0 Å². The van der Waals surface area contributed by atoms with Gasteiger partial charge < -0.3 is 10.6 Å². The number of thioether (sulfide) groups is 1. The SMILES string of the molecule is Nn1c(SCCOc2ccc(Cl)cc2)nnc1-c1ccccc1F. The molecule has 1 aromatic heterocycles. The molecule has 0 unspecified atom stereocenters. The summed E-state index contributed by atoms with van der Waals surface area (Å²) in [6, 6.07) is 13.4. The molecular weight excluding hydrogens is 351 g/mol. The molecule has 0 amide bonds. The lowest BCUT2D eigenvalue weighted by atomic mass is 10.2. The fourth-order valence-corrected chi connectivity index (χ4v) is 2.82. The Balaban J connectivity index is 1.59. The van der Waals surface area contributed by atoms with E-state index >= 15 is 0 Å². The van der Waals surface area contributed by atoms with Crippen molar-refractivity contribution in [2.75, 3.05) is 18.2 Å². The van der Waals surface area contributed by atoms with E-state index in [1.165, 1.54) is 22.5 Å². The quantitative estimate of drug-likeness (QED) is 0.411. The summed E-state index contributed by atoms with van der Waals surface area (Å²) in [4.78, 5) is 0. The van der Waals surface area contributed by atoms with Gasteiger partial charge in [0.05, 0.1) is 12.2 Å². The molecule has 3 rings (SSSR count). The highest BCUT2D eigenvalue weighted by molar-refractivity contribution is 7.99. The van der Waals surface area contributed by atoms with Crippen LogP contribution in [0.25, 0.3) is 11.4 Å². The number of nitrogens with zero attached hydrogens (tertiary/aromatic N) is 3. The third kappa shape index (κ3) is 3.80. The summed E-state index contributed by atoms with van der Waals surface area (Å²) >= 11 is 7.20. The monoisotopic (exact) mass is 364 g/mol. The molecule has 0 fully saturated rings. The van der Waals surface area contributed by atoms with Crippen LogP contribution in [0.3, 0.4) is 0 Å². The maximum absolute atomic E-state index is 13.8. The van der Waals surface area contributed by atoms with E-state index in [1.54, 1.807) is 42.5 Å². The molecule has 5 nitrogen and oxygen atoms in total. The lowest BCUT2D eigenvalue weighted by Crippen LogP contribution is -2.12. The zero-order chi connectivity index (χ0) is 16.9. The summed E-state index contributed by atoms with van der Waals surface area (Å²) in [6.07, 6.45) is 0. The maximum atomic E-state index is 13.8. The topological polar surface area (TPSA) is 66.0 Å². The number of aromatic nitrogens is 3. The van der Waals surface area contributed by atoms with Crippen molar-refractivity contribution in [3.05, 3.63) is 59.4 Å². The number of benzene rings is 2. The Morgan fingerprint density at radius 2 is 1.88 bits per heavy atom. The van der Waals surface area contributed by atoms with Crippen molar-refractivity contribution in [2.24, 2.45) is 0 Å². The van der Waals surface area contributed by atoms with Crippen LogP contribution >= 0.6 is 23.4 Å². The summed E-state index contributed by atoms with van der Waals surface area (Å²) in [5.74, 6) is 7.22. The van der Waals surface area contributed by atoms with Crippen LogP contribution in [0.2, 0.25) is 5.02 Å². The second-order valence-corrected chi connectivity index (χ2v) is 6.31. The van der Waals surface area contributed by atoms with Gasteiger partial charge in [0.15, 0.2) is 5.82 Å². The highest BCUT2D eigenvalue weighted by Gasteiger charge is 2.15. The highest BCUT2D eigenvalue weighted by atomic mass is 35.5. The summed E-state index contributed by atoms with van der Waals surface area (Å²) in [6.45, 7) is 0.466. The molecular formula is C16H14ClFN4OS. The Hall–Kier alpha value is -2.25. The number of halogens is 2. The number of rotatable bonds is 6. The van der Waals surface area contributed by atoms with Crippen LogP contribution in [0.5, 0.6) is 5.75 Å². The first-order valence-corrected chi connectivity index (χ1v) is 8.48. The minimum atomic E-state index is -0.390. The van der Waals surface area contributed by atoms with Crippen LogP contribution in [0.15, 0.2) is 53.7 Å². The lowest BCUT2D eigenvalue weighted by molar-refractivity contribution is 0.344. The van der Waals surface area contributed by atoms with Gasteiger partial charge in [0.2, 0.25) is 5.16 Å². The van der Waals surface area contributed by atoms with Gasteiger partial charge in [-0.05, 0) is 36.4 Å². The zero-order valence-electron chi connectivity index (χ0n) is 12.5. The first kappa shape index (κ1) is 16.6. The molecule has 3 aromatic rings. The molecule has 0 aliphatic rings. The third-order valence-corrected chi connectivity index (χ3v) is 4.34. The third-order valence-electron chi connectivity index (χ3n) is 3.18. The van der Waals surface area contributed by atoms with Crippen molar-refractivity contribution in [3.8, 4) is 17.1 Å². The first-order valence-electron chi connectivity index (χ1n) is 7.11. The van der Waals surface area contributed by atoms with E-state index < -0.39 is 0 Å². The predicted octanol–water partition coefficient (Wildman–Crippen LogP) is 3.62. The molecule has 2 aromatic carbocycles. The molecule has 0 saturated carbocycles. The van der Waals surface area contributed by atoms with Crippen LogP contribution in [0.1, 0.15) is 0 Å². The van der Waals surface area contributed by atoms with E-state index in [0.29, 0.717) is 28.1 Å². The Morgan fingerprint density at radius 3 is 2.62 bits per heavy atom. The fourth-order valence-electron chi connectivity index (χ4n) is 2.02. The molecule has 0 radical (unpaired) electrons. The van der Waals surface area contributed by atoms with Crippen molar-refractivity contribution in [1.82, 2.24) is 14.9 Å². The van der Waals surface area contributed by atoms with E-state index in [0.717, 1.165) is 5.75 Å². The zero-order valence-corrected chi connectivity index (χ0v) is 14.1. The maximum Gasteiger partial charge on any atom is 0.210 e. The van der Waals surface area contributed by atoms with E-state index in [9.17, 15) is 4.39 Å². The number of nitrogen functional groups attached to an aromatic ring is 1. The van der Waals surface area contributed by atoms with Gasteiger partial charge in [0.25, 0.3) is 0 Å². The van der Waals surface area contributed by atoms with Gasteiger partial charge in [0.1, 0.15) is 11.6 Å². The number of ether oxygens (including phenoxy) is 1. The van der Waals surface area contributed by atoms with Gasteiger partial charge in [-0.15, -0.1) is 10.2 Å². The van der Waals surface area contributed by atoms with E-state index in [4.69, 9.17) is 22.2 Å². The Morgan fingerprint density at radius 1 is 1.12 bits per heavy atom. The Kier molecular flexibility index (Phi) is 5.22. The normalized spacial score (nSPS) is 10.8. The summed E-state index contributed by atoms with van der Waals surface area (Å²) in [5.41, 5.74) is 0.316. The fraction of sp³-hybridized carbons (Fsp3) is 0.125. The number of hydrogen-bond donors (Lipinski definition) is 1. The molecule has 0 aliphatic heterocycles. The molecule has 2 N–H and O–H groups in total. The molecule has 1 heterocycles. The van der Waals surface area contributed by atoms with Crippen molar-refractivity contribution in [2.45, 2.75) is 5.16 Å². The van der Waals surface area contributed by atoms with Crippen LogP contribution in [-0.2, 0) is 0 Å². The average Bonchev–Trinajstić information content (AvgIpc) is 2.94. The van der Waals surface area contributed by atoms with Crippen molar-refractivity contribution in [3.63, 3.8) is 0 Å². The van der Waals surface area contributed by atoms with Gasteiger partial charge >= 0.3 is 0 Å². The standard InChI is InChI=1S/C16H14ClFN4OS/c17-11-5-7-12(8-6-11)23-9-10-24-16-21-20-15(22(16)19)13-3-1-2-4-14(13)18/h1-8H,9-10,19H2. The molecule has 0 spiro atoms. The second kappa shape index (κ2) is 7.55. The Labute approximate surface area is 147 Å². The molecule has 0 atom stereocenters. The molecule has 124 valence electrons. The number of nitrogens with two attached hydrogens (primary N) is 1. The summed E-state index contributed by atoms with van der Waals surface area (Å²) in [7, 11) is 0. The Bertz CT molecular complexity index is 825. The van der Waals surface area contributed by atoms with E-state index in [-0.39, 0.29) is 11.6 Å². The van der Waals surface area contributed by atoms with Crippen LogP contribution in [-0.4, -0.2) is 27.2 Å². The molecule has 0 bridgehead atoms. The van der Waals surface area contributed by atoms with Crippen molar-refractivity contribution in [1.29, 1.82) is 0 Å². The lowest BCUT2D eigenvalue weighted by Gasteiger charge is -2.06. The van der Waals surface area contributed by atoms with Crippen LogP contribution in [0.4, 0.5) is 4.39 Å². The second-order valence-electron chi connectivity index (χ2n) is 4.81. The molecule has 24 heavy (non-hydrogen) atoms. The van der Waals surface area contributed by atoms with Crippen LogP contribution < -0.4 is 10.6 Å².